The Balaban J connectivity index is 1.72. The summed E-state index contributed by atoms with van der Waals surface area (Å²) >= 11 is 0. The number of H-pyrrole nitrogens is 2. The van der Waals surface area contributed by atoms with Crippen molar-refractivity contribution in [3.63, 3.8) is 0 Å². The fourth-order valence-electron chi connectivity index (χ4n) is 2.83. The summed E-state index contributed by atoms with van der Waals surface area (Å²) in [7, 11) is 0. The van der Waals surface area contributed by atoms with Crippen LogP contribution in [0.3, 0.4) is 0 Å². The molecule has 0 aliphatic carbocycles. The molecule has 0 spiro atoms. The molecule has 0 bridgehead atoms. The van der Waals surface area contributed by atoms with Gasteiger partial charge in [-0.25, -0.2) is 0 Å². The monoisotopic (exact) mass is 260 g/mol. The van der Waals surface area contributed by atoms with Gasteiger partial charge in [0.05, 0.1) is 0 Å². The number of nitrogens with one attached hydrogen (secondary N) is 2. The molecule has 2 heteroatoms. The number of hydrogen-bond acceptors (Lipinski definition) is 0. The fourth-order valence-corrected chi connectivity index (χ4v) is 2.83. The molecule has 2 nitrogen and oxygen atoms in total. The third-order valence-corrected chi connectivity index (χ3v) is 3.85. The van der Waals surface area contributed by atoms with Gasteiger partial charge >= 0.3 is 0 Å². The van der Waals surface area contributed by atoms with E-state index in [-0.39, 0.29) is 0 Å². The number of benzene rings is 2. The smallest absolute Gasteiger partial charge is 0.0456 e. The minimum atomic E-state index is 0.933. The predicted molar refractivity (Wildman–Crippen MR) is 84.1 cm³/mol. The normalized spacial score (nSPS) is 11.4. The molecule has 2 heterocycles. The second-order valence-corrected chi connectivity index (χ2v) is 5.46. The number of rotatable bonds is 2. The summed E-state index contributed by atoms with van der Waals surface area (Å²) in [6, 6.07) is 17.5. The van der Waals surface area contributed by atoms with Crippen molar-refractivity contribution < 1.29 is 0 Å². The van der Waals surface area contributed by atoms with E-state index in [9.17, 15) is 0 Å². The standard InChI is InChI=1S/C18H16N2/c1-12-2-5-17-15(8-12)11-16(20-17)9-13-3-4-14-6-7-19-18(14)10-13/h2-8,10-11,19-20H,9H2,1H3. The third kappa shape index (κ3) is 1.90. The van der Waals surface area contributed by atoms with Gasteiger partial charge in [-0.05, 0) is 53.6 Å². The quantitative estimate of drug-likeness (QED) is 0.530. The first-order valence-corrected chi connectivity index (χ1v) is 6.92. The molecule has 4 aromatic rings. The van der Waals surface area contributed by atoms with E-state index in [0.717, 1.165) is 6.42 Å². The van der Waals surface area contributed by atoms with Crippen LogP contribution in [0.15, 0.2) is 54.7 Å². The van der Waals surface area contributed by atoms with Gasteiger partial charge in [0.1, 0.15) is 0 Å². The highest BCUT2D eigenvalue weighted by Crippen LogP contribution is 2.21. The Bertz CT molecular complexity index is 896. The second-order valence-electron chi connectivity index (χ2n) is 5.46. The van der Waals surface area contributed by atoms with Gasteiger partial charge in [-0.15, -0.1) is 0 Å². The Hall–Kier alpha value is -2.48. The van der Waals surface area contributed by atoms with Crippen LogP contribution in [0, 0.1) is 6.92 Å². The van der Waals surface area contributed by atoms with Gasteiger partial charge in [-0.1, -0.05) is 23.8 Å². The van der Waals surface area contributed by atoms with Crippen molar-refractivity contribution >= 4 is 21.8 Å². The van der Waals surface area contributed by atoms with Crippen molar-refractivity contribution in [1.29, 1.82) is 0 Å². The van der Waals surface area contributed by atoms with Crippen molar-refractivity contribution in [2.75, 3.05) is 0 Å². The van der Waals surface area contributed by atoms with E-state index in [0.29, 0.717) is 0 Å². The predicted octanol–water partition coefficient (Wildman–Crippen LogP) is 4.55. The summed E-state index contributed by atoms with van der Waals surface area (Å²) in [6.45, 7) is 2.13. The maximum absolute atomic E-state index is 3.50. The topological polar surface area (TPSA) is 31.6 Å². The van der Waals surface area contributed by atoms with E-state index in [1.807, 2.05) is 6.20 Å². The summed E-state index contributed by atoms with van der Waals surface area (Å²) in [5.74, 6) is 0. The summed E-state index contributed by atoms with van der Waals surface area (Å²) in [5, 5.41) is 2.56. The van der Waals surface area contributed by atoms with Crippen LogP contribution in [0.1, 0.15) is 16.8 Å². The summed E-state index contributed by atoms with van der Waals surface area (Å²) in [5.41, 5.74) is 6.30. The maximum Gasteiger partial charge on any atom is 0.0456 e. The Morgan fingerprint density at radius 3 is 2.75 bits per heavy atom. The first-order chi connectivity index (χ1) is 9.78. The van der Waals surface area contributed by atoms with Crippen molar-refractivity contribution in [1.82, 2.24) is 9.97 Å². The van der Waals surface area contributed by atoms with Crippen LogP contribution < -0.4 is 0 Å². The molecule has 0 unspecified atom stereocenters. The van der Waals surface area contributed by atoms with Crippen LogP contribution in [-0.2, 0) is 6.42 Å². The SMILES string of the molecule is Cc1ccc2[nH]c(Cc3ccc4cc[nH]c4c3)cc2c1. The molecule has 0 atom stereocenters. The minimum absolute atomic E-state index is 0.933. The average molecular weight is 260 g/mol. The van der Waals surface area contributed by atoms with E-state index < -0.39 is 0 Å². The Labute approximate surface area is 117 Å². The molecular weight excluding hydrogens is 244 g/mol. The zero-order valence-electron chi connectivity index (χ0n) is 11.4. The van der Waals surface area contributed by atoms with Gasteiger partial charge in [-0.3, -0.25) is 0 Å². The minimum Gasteiger partial charge on any atom is -0.361 e. The van der Waals surface area contributed by atoms with Crippen LogP contribution in [0.25, 0.3) is 21.8 Å². The molecule has 0 aliphatic rings. The highest BCUT2D eigenvalue weighted by molar-refractivity contribution is 5.82. The van der Waals surface area contributed by atoms with Crippen LogP contribution >= 0.6 is 0 Å². The third-order valence-electron chi connectivity index (χ3n) is 3.85. The molecule has 2 N–H and O–H groups in total. The fraction of sp³-hybridized carbons (Fsp3) is 0.111. The van der Waals surface area contributed by atoms with Crippen molar-refractivity contribution in [3.05, 3.63) is 71.5 Å². The largest absolute Gasteiger partial charge is 0.361 e. The molecule has 2 aromatic heterocycles. The number of aromatic amines is 2. The van der Waals surface area contributed by atoms with Crippen LogP contribution in [-0.4, -0.2) is 9.97 Å². The van der Waals surface area contributed by atoms with Gasteiger partial charge in [0.25, 0.3) is 0 Å². The number of aryl methyl sites for hydroxylation is 1. The molecule has 0 aliphatic heterocycles. The van der Waals surface area contributed by atoms with E-state index in [1.165, 1.54) is 38.6 Å². The average Bonchev–Trinajstić information content (AvgIpc) is 3.03. The Morgan fingerprint density at radius 1 is 0.850 bits per heavy atom. The van der Waals surface area contributed by atoms with Gasteiger partial charge in [0.2, 0.25) is 0 Å². The number of hydrogen-bond donors (Lipinski definition) is 2. The molecule has 0 amide bonds. The molecule has 2 aromatic carbocycles. The molecule has 20 heavy (non-hydrogen) atoms. The van der Waals surface area contributed by atoms with Crippen molar-refractivity contribution in [3.8, 4) is 0 Å². The second kappa shape index (κ2) is 4.27. The lowest BCUT2D eigenvalue weighted by atomic mass is 10.1. The maximum atomic E-state index is 3.50. The number of aromatic nitrogens is 2. The molecule has 0 fully saturated rings. The molecule has 0 radical (unpaired) electrons. The van der Waals surface area contributed by atoms with E-state index in [2.05, 4.69) is 65.4 Å². The van der Waals surface area contributed by atoms with Crippen LogP contribution in [0.2, 0.25) is 0 Å². The van der Waals surface area contributed by atoms with Gasteiger partial charge in [0, 0.05) is 29.3 Å². The summed E-state index contributed by atoms with van der Waals surface area (Å²) < 4.78 is 0. The van der Waals surface area contributed by atoms with Crippen molar-refractivity contribution in [2.24, 2.45) is 0 Å². The number of fused-ring (bicyclic) bond motifs is 2. The van der Waals surface area contributed by atoms with Crippen LogP contribution in [0.4, 0.5) is 0 Å². The zero-order valence-corrected chi connectivity index (χ0v) is 11.4. The summed E-state index contributed by atoms with van der Waals surface area (Å²) in [6.07, 6.45) is 2.92. The Kier molecular flexibility index (Phi) is 2.43. The van der Waals surface area contributed by atoms with E-state index in [1.54, 1.807) is 0 Å². The zero-order chi connectivity index (χ0) is 13.5. The van der Waals surface area contributed by atoms with Crippen LogP contribution in [0.5, 0.6) is 0 Å². The highest BCUT2D eigenvalue weighted by atomic mass is 14.7. The van der Waals surface area contributed by atoms with Gasteiger partial charge in [-0.2, -0.15) is 0 Å². The van der Waals surface area contributed by atoms with Gasteiger partial charge < -0.3 is 9.97 Å². The van der Waals surface area contributed by atoms with Crippen molar-refractivity contribution in [2.45, 2.75) is 13.3 Å². The van der Waals surface area contributed by atoms with E-state index in [4.69, 9.17) is 0 Å². The molecular formula is C18H16N2. The Morgan fingerprint density at radius 2 is 1.80 bits per heavy atom. The first kappa shape index (κ1) is 11.4. The van der Waals surface area contributed by atoms with E-state index >= 15 is 0 Å². The lowest BCUT2D eigenvalue weighted by molar-refractivity contribution is 1.12. The molecule has 98 valence electrons. The lowest BCUT2D eigenvalue weighted by Gasteiger charge is -1.99. The lowest BCUT2D eigenvalue weighted by Crippen LogP contribution is -1.87. The first-order valence-electron chi connectivity index (χ1n) is 6.92. The summed E-state index contributed by atoms with van der Waals surface area (Å²) in [4.78, 5) is 6.77. The highest BCUT2D eigenvalue weighted by Gasteiger charge is 2.03. The molecule has 0 saturated carbocycles. The van der Waals surface area contributed by atoms with Gasteiger partial charge in [0.15, 0.2) is 0 Å². The molecule has 0 saturated heterocycles. The molecule has 4 rings (SSSR count).